The Hall–Kier alpha value is -3.39. The van der Waals surface area contributed by atoms with Crippen molar-refractivity contribution < 1.29 is 13.2 Å². The number of hydrogen-bond donors (Lipinski definition) is 2. The second-order valence-electron chi connectivity index (χ2n) is 7.81. The summed E-state index contributed by atoms with van der Waals surface area (Å²) in [5.74, 6) is 0.0775. The van der Waals surface area contributed by atoms with Crippen molar-refractivity contribution in [3.05, 3.63) is 47.1 Å². The number of fused-ring (bicyclic) bond motifs is 1. The number of aromatic nitrogens is 4. The topological polar surface area (TPSA) is 75.3 Å². The minimum absolute atomic E-state index is 0.0358. The molecule has 32 heavy (non-hydrogen) atoms. The molecule has 0 atom stereocenters. The molecule has 8 nitrogen and oxygen atoms in total. The van der Waals surface area contributed by atoms with Gasteiger partial charge in [-0.05, 0) is 50.5 Å². The third-order valence-electron chi connectivity index (χ3n) is 5.77. The Labute approximate surface area is 183 Å². The molecule has 3 heterocycles. The molecule has 2 aromatic heterocycles. The van der Waals surface area contributed by atoms with Gasteiger partial charge in [0.1, 0.15) is 11.4 Å². The third-order valence-corrected chi connectivity index (χ3v) is 5.77. The predicted molar refractivity (Wildman–Crippen MR) is 116 cm³/mol. The van der Waals surface area contributed by atoms with Gasteiger partial charge in [0.25, 0.3) is 0 Å². The van der Waals surface area contributed by atoms with Crippen LogP contribution in [0.15, 0.2) is 24.5 Å². The lowest BCUT2D eigenvalue weighted by Crippen LogP contribution is -2.29. The number of benzene rings is 1. The number of piperidine rings is 1. The highest BCUT2D eigenvalue weighted by atomic mass is 19.4. The molecule has 1 fully saturated rings. The van der Waals surface area contributed by atoms with E-state index in [2.05, 4.69) is 42.5 Å². The molecule has 0 bridgehead atoms. The summed E-state index contributed by atoms with van der Waals surface area (Å²) in [5.41, 5.74) is 1.68. The SMILES string of the molecule is [C-]#[N+]Cn1ncc2c(Nc3ncc(C(F)(F)F)c(NC)n3)ccc(C3CCN(C)CC3)c21. The summed E-state index contributed by atoms with van der Waals surface area (Å²) in [7, 11) is 3.48. The third kappa shape index (κ3) is 4.18. The smallest absolute Gasteiger partial charge is 0.372 e. The number of likely N-dealkylation sites (tertiary alicyclic amines) is 1. The van der Waals surface area contributed by atoms with Gasteiger partial charge in [-0.15, -0.1) is 0 Å². The van der Waals surface area contributed by atoms with Gasteiger partial charge in [0.05, 0.1) is 17.4 Å². The molecule has 1 aliphatic rings. The molecule has 0 amide bonds. The number of halogens is 3. The lowest BCUT2D eigenvalue weighted by atomic mass is 9.88. The van der Waals surface area contributed by atoms with Crippen LogP contribution in [0.4, 0.5) is 30.6 Å². The Morgan fingerprint density at radius 2 is 1.97 bits per heavy atom. The monoisotopic (exact) mass is 444 g/mol. The van der Waals surface area contributed by atoms with E-state index in [0.29, 0.717) is 11.6 Å². The average molecular weight is 444 g/mol. The molecule has 4 rings (SSSR count). The molecule has 2 N–H and O–H groups in total. The van der Waals surface area contributed by atoms with Crippen molar-refractivity contribution in [3.8, 4) is 0 Å². The molecule has 0 radical (unpaired) electrons. The van der Waals surface area contributed by atoms with Gasteiger partial charge in [-0.2, -0.15) is 27.9 Å². The van der Waals surface area contributed by atoms with Crippen LogP contribution >= 0.6 is 0 Å². The highest BCUT2D eigenvalue weighted by molar-refractivity contribution is 5.95. The maximum atomic E-state index is 13.1. The van der Waals surface area contributed by atoms with E-state index in [-0.39, 0.29) is 18.4 Å². The first-order valence-corrected chi connectivity index (χ1v) is 10.2. The molecule has 0 unspecified atom stereocenters. The molecule has 3 aromatic rings. The maximum absolute atomic E-state index is 13.1. The first-order valence-electron chi connectivity index (χ1n) is 10.2. The molecule has 1 saturated heterocycles. The summed E-state index contributed by atoms with van der Waals surface area (Å²) in [6.45, 7) is 9.35. The Morgan fingerprint density at radius 3 is 2.62 bits per heavy atom. The zero-order chi connectivity index (χ0) is 22.9. The molecule has 1 aromatic carbocycles. The number of nitrogens with zero attached hydrogens (tertiary/aromatic N) is 6. The molecule has 1 aliphatic heterocycles. The van der Waals surface area contributed by atoms with Crippen LogP contribution in [0.25, 0.3) is 15.7 Å². The number of rotatable bonds is 5. The normalized spacial score (nSPS) is 15.6. The van der Waals surface area contributed by atoms with E-state index >= 15 is 0 Å². The van der Waals surface area contributed by atoms with Crippen LogP contribution < -0.4 is 10.6 Å². The summed E-state index contributed by atoms with van der Waals surface area (Å²) in [6, 6.07) is 3.88. The fourth-order valence-electron chi connectivity index (χ4n) is 4.12. The van der Waals surface area contributed by atoms with E-state index in [9.17, 15) is 13.2 Å². The molecule has 168 valence electrons. The lowest BCUT2D eigenvalue weighted by molar-refractivity contribution is -0.137. The highest BCUT2D eigenvalue weighted by Crippen LogP contribution is 2.37. The van der Waals surface area contributed by atoms with Crippen molar-refractivity contribution in [2.24, 2.45) is 0 Å². The van der Waals surface area contributed by atoms with Crippen molar-refractivity contribution in [2.75, 3.05) is 37.8 Å². The first kappa shape index (κ1) is 21.8. The van der Waals surface area contributed by atoms with Gasteiger partial charge in [-0.3, -0.25) is 4.85 Å². The van der Waals surface area contributed by atoms with Crippen LogP contribution in [0.1, 0.15) is 29.9 Å². The molecule has 11 heteroatoms. The zero-order valence-corrected chi connectivity index (χ0v) is 17.7. The van der Waals surface area contributed by atoms with Gasteiger partial charge in [-0.25, -0.2) is 11.6 Å². The summed E-state index contributed by atoms with van der Waals surface area (Å²) in [4.78, 5) is 13.6. The van der Waals surface area contributed by atoms with Crippen molar-refractivity contribution in [1.82, 2.24) is 24.6 Å². The zero-order valence-electron chi connectivity index (χ0n) is 17.7. The van der Waals surface area contributed by atoms with Crippen LogP contribution in [0.5, 0.6) is 0 Å². The van der Waals surface area contributed by atoms with Crippen molar-refractivity contribution >= 4 is 28.4 Å². The van der Waals surface area contributed by atoms with E-state index in [4.69, 9.17) is 6.57 Å². The fraction of sp³-hybridized carbons (Fsp3) is 0.429. The lowest BCUT2D eigenvalue weighted by Gasteiger charge is -2.29. The van der Waals surface area contributed by atoms with Gasteiger partial charge in [-0.1, -0.05) is 6.07 Å². The van der Waals surface area contributed by atoms with Crippen molar-refractivity contribution in [1.29, 1.82) is 0 Å². The fourth-order valence-corrected chi connectivity index (χ4v) is 4.12. The summed E-state index contributed by atoms with van der Waals surface area (Å²) in [6.07, 6.45) is -0.108. The van der Waals surface area contributed by atoms with Gasteiger partial charge >= 0.3 is 12.8 Å². The van der Waals surface area contributed by atoms with E-state index in [0.717, 1.165) is 48.6 Å². The van der Waals surface area contributed by atoms with E-state index in [1.807, 2.05) is 12.1 Å². The van der Waals surface area contributed by atoms with E-state index in [1.165, 1.54) is 7.05 Å². The van der Waals surface area contributed by atoms with Crippen LogP contribution in [-0.2, 0) is 12.8 Å². The summed E-state index contributed by atoms with van der Waals surface area (Å²) in [5, 5.41) is 10.7. The minimum atomic E-state index is -4.55. The van der Waals surface area contributed by atoms with Gasteiger partial charge in [0.2, 0.25) is 5.95 Å². The standard InChI is InChI=1S/C21H23F3N8/c1-25-12-32-18-14(13-6-8-31(3)9-7-13)4-5-17(15(18)10-28-32)29-20-27-11-16(21(22,23)24)19(26-2)30-20/h4-5,10-11,13H,6-9,12H2,2-3H3,(H2,26,27,29,30). The van der Waals surface area contributed by atoms with E-state index in [1.54, 1.807) is 10.9 Å². The van der Waals surface area contributed by atoms with Gasteiger partial charge in [0.15, 0.2) is 0 Å². The Kier molecular flexibility index (Phi) is 5.88. The van der Waals surface area contributed by atoms with Gasteiger partial charge < -0.3 is 15.5 Å². The second kappa shape index (κ2) is 8.63. The van der Waals surface area contributed by atoms with E-state index < -0.39 is 11.7 Å². The molecular formula is C21H23F3N8. The van der Waals surface area contributed by atoms with Gasteiger partial charge in [0, 0.05) is 18.6 Å². The van der Waals surface area contributed by atoms with Crippen LogP contribution in [0.2, 0.25) is 0 Å². The minimum Gasteiger partial charge on any atom is -0.372 e. The Bertz CT molecular complexity index is 1160. The first-order chi connectivity index (χ1) is 15.3. The summed E-state index contributed by atoms with van der Waals surface area (Å²) < 4.78 is 41.1. The van der Waals surface area contributed by atoms with Crippen LogP contribution in [0, 0.1) is 6.57 Å². The summed E-state index contributed by atoms with van der Waals surface area (Å²) >= 11 is 0. The number of alkyl halides is 3. The van der Waals surface area contributed by atoms with Crippen LogP contribution in [-0.4, -0.2) is 51.8 Å². The molecule has 0 saturated carbocycles. The molecule has 0 spiro atoms. The van der Waals surface area contributed by atoms with Crippen molar-refractivity contribution in [3.63, 3.8) is 0 Å². The highest BCUT2D eigenvalue weighted by Gasteiger charge is 2.35. The average Bonchev–Trinajstić information content (AvgIpc) is 3.18. The predicted octanol–water partition coefficient (Wildman–Crippen LogP) is 4.32. The molecule has 0 aliphatic carbocycles. The molecular weight excluding hydrogens is 421 g/mol. The largest absolute Gasteiger partial charge is 0.421 e. The number of anilines is 3. The number of hydrogen-bond acceptors (Lipinski definition) is 6. The maximum Gasteiger partial charge on any atom is 0.421 e. The Balaban J connectivity index is 1.73. The second-order valence-corrected chi connectivity index (χ2v) is 7.81. The number of nitrogens with one attached hydrogen (secondary N) is 2. The van der Waals surface area contributed by atoms with Crippen molar-refractivity contribution in [2.45, 2.75) is 31.6 Å². The van der Waals surface area contributed by atoms with Crippen LogP contribution in [0.3, 0.4) is 0 Å². The Morgan fingerprint density at radius 1 is 1.22 bits per heavy atom. The quantitative estimate of drug-likeness (QED) is 0.571.